The molecule has 1 aliphatic carbocycles. The second-order valence-electron chi connectivity index (χ2n) is 5.93. The predicted octanol–water partition coefficient (Wildman–Crippen LogP) is 6.29. The number of benzene rings is 3. The quantitative estimate of drug-likeness (QED) is 0.392. The van der Waals surface area contributed by atoms with Crippen LogP contribution in [-0.4, -0.2) is 6.26 Å². The topological polar surface area (TPSA) is 0 Å². The van der Waals surface area contributed by atoms with Gasteiger partial charge >= 0.3 is 0 Å². The van der Waals surface area contributed by atoms with Gasteiger partial charge < -0.3 is 0 Å². The van der Waals surface area contributed by atoms with Gasteiger partial charge in [0, 0.05) is 4.90 Å². The molecular weight excluding hydrogens is 296 g/mol. The molecule has 3 aromatic carbocycles. The summed E-state index contributed by atoms with van der Waals surface area (Å²) in [4.78, 5) is 1.30. The summed E-state index contributed by atoms with van der Waals surface area (Å²) in [6.45, 7) is 2.16. The molecule has 0 spiro atoms. The van der Waals surface area contributed by atoms with E-state index in [1.54, 1.807) is 11.8 Å². The molecule has 0 atom stereocenters. The lowest BCUT2D eigenvalue weighted by atomic mass is 10.00. The SMILES string of the molecule is CSc1ccc(/C=C2\c3ccccc3-c3ccc(C)cc32)cc1. The highest BCUT2D eigenvalue weighted by molar-refractivity contribution is 7.98. The van der Waals surface area contributed by atoms with E-state index < -0.39 is 0 Å². The van der Waals surface area contributed by atoms with Gasteiger partial charge in [0.1, 0.15) is 0 Å². The standard InChI is InChI=1S/C22H18S/c1-15-7-12-20-18-5-3-4-6-19(18)22(21(20)13-15)14-16-8-10-17(23-2)11-9-16/h3-14H,1-2H3/b22-14+. The molecule has 0 unspecified atom stereocenters. The van der Waals surface area contributed by atoms with Gasteiger partial charge in [-0.3, -0.25) is 0 Å². The molecule has 0 N–H and O–H groups in total. The van der Waals surface area contributed by atoms with Gasteiger partial charge in [0.25, 0.3) is 0 Å². The molecule has 0 saturated heterocycles. The van der Waals surface area contributed by atoms with Crippen LogP contribution in [0, 0.1) is 6.92 Å². The normalized spacial score (nSPS) is 13.9. The van der Waals surface area contributed by atoms with Gasteiger partial charge in [-0.05, 0) is 64.8 Å². The minimum absolute atomic E-state index is 1.25. The zero-order chi connectivity index (χ0) is 15.8. The maximum atomic E-state index is 2.31. The van der Waals surface area contributed by atoms with Crippen LogP contribution in [0.15, 0.2) is 71.6 Å². The van der Waals surface area contributed by atoms with Gasteiger partial charge in [-0.2, -0.15) is 0 Å². The van der Waals surface area contributed by atoms with E-state index in [2.05, 4.69) is 86.0 Å². The molecule has 0 heterocycles. The minimum Gasteiger partial charge on any atom is -0.130 e. The van der Waals surface area contributed by atoms with E-state index in [-0.39, 0.29) is 0 Å². The van der Waals surface area contributed by atoms with Crippen molar-refractivity contribution in [1.82, 2.24) is 0 Å². The summed E-state index contributed by atoms with van der Waals surface area (Å²) < 4.78 is 0. The van der Waals surface area contributed by atoms with Crippen molar-refractivity contribution < 1.29 is 0 Å². The Morgan fingerprint density at radius 2 is 1.43 bits per heavy atom. The number of rotatable bonds is 2. The number of fused-ring (bicyclic) bond motifs is 3. The largest absolute Gasteiger partial charge is 0.130 e. The number of thioether (sulfide) groups is 1. The first-order valence-corrected chi connectivity index (χ1v) is 9.05. The van der Waals surface area contributed by atoms with E-state index in [1.807, 2.05) is 0 Å². The molecule has 0 bridgehead atoms. The summed E-state index contributed by atoms with van der Waals surface area (Å²) in [6, 6.07) is 24.2. The lowest BCUT2D eigenvalue weighted by Gasteiger charge is -2.05. The van der Waals surface area contributed by atoms with E-state index in [9.17, 15) is 0 Å². The molecule has 0 fully saturated rings. The maximum absolute atomic E-state index is 2.31. The van der Waals surface area contributed by atoms with Crippen molar-refractivity contribution in [2.75, 3.05) is 6.26 Å². The number of hydrogen-bond donors (Lipinski definition) is 0. The molecule has 23 heavy (non-hydrogen) atoms. The molecule has 4 rings (SSSR count). The Balaban J connectivity index is 1.90. The molecule has 0 nitrogen and oxygen atoms in total. The summed E-state index contributed by atoms with van der Waals surface area (Å²) in [7, 11) is 0. The minimum atomic E-state index is 1.25. The third-order valence-corrected chi connectivity index (χ3v) is 5.14. The third-order valence-electron chi connectivity index (χ3n) is 4.40. The average Bonchev–Trinajstić information content (AvgIpc) is 2.89. The number of aryl methyl sites for hydroxylation is 1. The first-order valence-electron chi connectivity index (χ1n) is 7.83. The van der Waals surface area contributed by atoms with Crippen LogP contribution in [0.3, 0.4) is 0 Å². The molecule has 0 aromatic heterocycles. The summed E-state index contributed by atoms with van der Waals surface area (Å²) in [5.41, 5.74) is 9.26. The van der Waals surface area contributed by atoms with Crippen molar-refractivity contribution in [3.63, 3.8) is 0 Å². The molecule has 112 valence electrons. The summed E-state index contributed by atoms with van der Waals surface area (Å²) in [6.07, 6.45) is 4.42. The van der Waals surface area contributed by atoms with Crippen LogP contribution in [0.1, 0.15) is 22.3 Å². The van der Waals surface area contributed by atoms with Crippen LogP contribution >= 0.6 is 11.8 Å². The molecule has 1 aliphatic rings. The highest BCUT2D eigenvalue weighted by Gasteiger charge is 2.22. The van der Waals surface area contributed by atoms with Crippen LogP contribution in [0.4, 0.5) is 0 Å². The number of hydrogen-bond acceptors (Lipinski definition) is 1. The molecule has 0 saturated carbocycles. The zero-order valence-corrected chi connectivity index (χ0v) is 14.2. The molecule has 0 radical (unpaired) electrons. The Hall–Kier alpha value is -2.25. The first-order chi connectivity index (χ1) is 11.3. The molecular formula is C22H18S. The van der Waals surface area contributed by atoms with Crippen LogP contribution < -0.4 is 0 Å². The van der Waals surface area contributed by atoms with Gasteiger partial charge in [-0.1, -0.05) is 60.2 Å². The van der Waals surface area contributed by atoms with Gasteiger partial charge in [-0.25, -0.2) is 0 Å². The van der Waals surface area contributed by atoms with E-state index in [1.165, 1.54) is 43.8 Å². The Morgan fingerprint density at radius 3 is 2.17 bits per heavy atom. The fraction of sp³-hybridized carbons (Fsp3) is 0.0909. The summed E-state index contributed by atoms with van der Waals surface area (Å²) in [5.74, 6) is 0. The molecule has 0 aliphatic heterocycles. The zero-order valence-electron chi connectivity index (χ0n) is 13.3. The van der Waals surface area contributed by atoms with Crippen molar-refractivity contribution >= 4 is 23.4 Å². The van der Waals surface area contributed by atoms with Crippen molar-refractivity contribution in [2.24, 2.45) is 0 Å². The lowest BCUT2D eigenvalue weighted by molar-refractivity contribution is 1.45. The van der Waals surface area contributed by atoms with Crippen LogP contribution in [0.5, 0.6) is 0 Å². The molecule has 3 aromatic rings. The second-order valence-corrected chi connectivity index (χ2v) is 6.81. The van der Waals surface area contributed by atoms with Gasteiger partial charge in [0.15, 0.2) is 0 Å². The van der Waals surface area contributed by atoms with E-state index >= 15 is 0 Å². The van der Waals surface area contributed by atoms with E-state index in [4.69, 9.17) is 0 Å². The smallest absolute Gasteiger partial charge is 0.00695 e. The van der Waals surface area contributed by atoms with Crippen LogP contribution in [-0.2, 0) is 0 Å². The monoisotopic (exact) mass is 314 g/mol. The van der Waals surface area contributed by atoms with Crippen LogP contribution in [0.25, 0.3) is 22.8 Å². The highest BCUT2D eigenvalue weighted by atomic mass is 32.2. The van der Waals surface area contributed by atoms with Crippen molar-refractivity contribution in [1.29, 1.82) is 0 Å². The Morgan fingerprint density at radius 1 is 0.739 bits per heavy atom. The van der Waals surface area contributed by atoms with Crippen LogP contribution in [0.2, 0.25) is 0 Å². The fourth-order valence-corrected chi connectivity index (χ4v) is 3.64. The van der Waals surface area contributed by atoms with Crippen molar-refractivity contribution in [3.8, 4) is 11.1 Å². The average molecular weight is 314 g/mol. The second kappa shape index (κ2) is 5.75. The van der Waals surface area contributed by atoms with Crippen molar-refractivity contribution in [2.45, 2.75) is 11.8 Å². The highest BCUT2D eigenvalue weighted by Crippen LogP contribution is 2.45. The summed E-state index contributed by atoms with van der Waals surface area (Å²) in [5, 5.41) is 0. The third kappa shape index (κ3) is 2.51. The summed E-state index contributed by atoms with van der Waals surface area (Å²) >= 11 is 1.78. The lowest BCUT2D eigenvalue weighted by Crippen LogP contribution is -1.83. The van der Waals surface area contributed by atoms with Crippen molar-refractivity contribution in [3.05, 3.63) is 89.0 Å². The Kier molecular flexibility index (Phi) is 3.59. The molecule has 1 heteroatoms. The van der Waals surface area contributed by atoms with Gasteiger partial charge in [0.2, 0.25) is 0 Å². The van der Waals surface area contributed by atoms with Gasteiger partial charge in [0.05, 0.1) is 0 Å². The predicted molar refractivity (Wildman–Crippen MR) is 102 cm³/mol. The Bertz CT molecular complexity index is 902. The maximum Gasteiger partial charge on any atom is 0.00695 e. The van der Waals surface area contributed by atoms with E-state index in [0.717, 1.165) is 0 Å². The van der Waals surface area contributed by atoms with E-state index in [0.29, 0.717) is 0 Å². The molecule has 0 amide bonds. The fourth-order valence-electron chi connectivity index (χ4n) is 3.24. The van der Waals surface area contributed by atoms with Gasteiger partial charge in [-0.15, -0.1) is 11.8 Å². The Labute approximate surface area is 141 Å². The first kappa shape index (κ1) is 14.3.